The van der Waals surface area contributed by atoms with E-state index in [4.69, 9.17) is 11.6 Å². The second kappa shape index (κ2) is 4.83. The molecule has 1 saturated heterocycles. The maximum atomic E-state index is 6.09. The molecule has 1 heterocycles. The van der Waals surface area contributed by atoms with Crippen molar-refractivity contribution >= 4 is 27.5 Å². The first-order valence-corrected chi connectivity index (χ1v) is 6.21. The molecule has 0 amide bonds. The molecule has 1 aromatic rings. The molecule has 2 rings (SSSR count). The van der Waals surface area contributed by atoms with Crippen molar-refractivity contribution in [1.29, 1.82) is 0 Å². The summed E-state index contributed by atoms with van der Waals surface area (Å²) in [4.78, 5) is 2.36. The van der Waals surface area contributed by atoms with Crippen molar-refractivity contribution in [1.82, 2.24) is 10.2 Å². The Bertz CT molecular complexity index is 356. The Hall–Kier alpha value is -0.0900. The maximum absolute atomic E-state index is 6.09. The standard InChI is InChI=1S/C11H14BrClN2/c1-15-5-4-14-7-11(15)8-2-3-9(12)10(13)6-8/h2-3,6,11,14H,4-5,7H2,1H3. The molecule has 1 N–H and O–H groups in total. The lowest BCUT2D eigenvalue weighted by Crippen LogP contribution is -2.43. The van der Waals surface area contributed by atoms with Gasteiger partial charge in [0, 0.05) is 30.1 Å². The molecule has 1 aromatic carbocycles. The van der Waals surface area contributed by atoms with Crippen LogP contribution >= 0.6 is 27.5 Å². The van der Waals surface area contributed by atoms with Crippen molar-refractivity contribution in [3.8, 4) is 0 Å². The van der Waals surface area contributed by atoms with Gasteiger partial charge in [-0.05, 0) is 40.7 Å². The number of rotatable bonds is 1. The van der Waals surface area contributed by atoms with Crippen LogP contribution in [-0.4, -0.2) is 31.6 Å². The number of benzene rings is 1. The zero-order valence-corrected chi connectivity index (χ0v) is 11.0. The maximum Gasteiger partial charge on any atom is 0.0551 e. The van der Waals surface area contributed by atoms with Crippen LogP contribution in [0.15, 0.2) is 22.7 Å². The largest absolute Gasteiger partial charge is 0.314 e. The van der Waals surface area contributed by atoms with Crippen LogP contribution in [0.25, 0.3) is 0 Å². The normalized spacial score (nSPS) is 23.0. The van der Waals surface area contributed by atoms with Gasteiger partial charge in [-0.3, -0.25) is 4.90 Å². The fraction of sp³-hybridized carbons (Fsp3) is 0.455. The first kappa shape index (κ1) is 11.4. The number of likely N-dealkylation sites (N-methyl/N-ethyl adjacent to an activating group) is 1. The van der Waals surface area contributed by atoms with E-state index in [9.17, 15) is 0 Å². The lowest BCUT2D eigenvalue weighted by Gasteiger charge is -2.33. The van der Waals surface area contributed by atoms with Gasteiger partial charge < -0.3 is 5.32 Å². The summed E-state index contributed by atoms with van der Waals surface area (Å²) in [7, 11) is 2.15. The molecule has 0 spiro atoms. The highest BCUT2D eigenvalue weighted by Gasteiger charge is 2.20. The molecule has 1 aliphatic rings. The van der Waals surface area contributed by atoms with Crippen LogP contribution in [0.4, 0.5) is 0 Å². The number of nitrogens with one attached hydrogen (secondary N) is 1. The molecule has 0 aliphatic carbocycles. The van der Waals surface area contributed by atoms with Gasteiger partial charge in [-0.1, -0.05) is 17.7 Å². The third kappa shape index (κ3) is 2.53. The van der Waals surface area contributed by atoms with Gasteiger partial charge in [0.15, 0.2) is 0 Å². The van der Waals surface area contributed by atoms with E-state index in [1.165, 1.54) is 5.56 Å². The van der Waals surface area contributed by atoms with Crippen molar-refractivity contribution in [2.45, 2.75) is 6.04 Å². The Balaban J connectivity index is 2.24. The highest BCUT2D eigenvalue weighted by molar-refractivity contribution is 9.10. The summed E-state index contributed by atoms with van der Waals surface area (Å²) in [5.41, 5.74) is 1.28. The molecule has 2 nitrogen and oxygen atoms in total. The van der Waals surface area contributed by atoms with E-state index in [0.717, 1.165) is 29.1 Å². The van der Waals surface area contributed by atoms with Crippen LogP contribution in [-0.2, 0) is 0 Å². The lowest BCUT2D eigenvalue weighted by molar-refractivity contribution is 0.202. The van der Waals surface area contributed by atoms with E-state index >= 15 is 0 Å². The minimum absolute atomic E-state index is 0.435. The molecular weight excluding hydrogens is 275 g/mol. The minimum atomic E-state index is 0.435. The van der Waals surface area contributed by atoms with E-state index in [0.29, 0.717) is 6.04 Å². The van der Waals surface area contributed by atoms with Gasteiger partial charge in [0.2, 0.25) is 0 Å². The van der Waals surface area contributed by atoms with Crippen LogP contribution < -0.4 is 5.32 Å². The molecule has 0 saturated carbocycles. The van der Waals surface area contributed by atoms with E-state index in [2.05, 4.69) is 39.3 Å². The summed E-state index contributed by atoms with van der Waals surface area (Å²) < 4.78 is 0.958. The summed E-state index contributed by atoms with van der Waals surface area (Å²) in [6, 6.07) is 6.62. The summed E-state index contributed by atoms with van der Waals surface area (Å²) in [6.07, 6.45) is 0. The van der Waals surface area contributed by atoms with Crippen molar-refractivity contribution in [3.63, 3.8) is 0 Å². The fourth-order valence-corrected chi connectivity index (χ4v) is 2.33. The molecule has 1 aliphatic heterocycles. The molecule has 1 unspecified atom stereocenters. The van der Waals surface area contributed by atoms with Gasteiger partial charge in [0.25, 0.3) is 0 Å². The number of hydrogen-bond acceptors (Lipinski definition) is 2. The number of halogens is 2. The topological polar surface area (TPSA) is 15.3 Å². The van der Waals surface area contributed by atoms with E-state index in [-0.39, 0.29) is 0 Å². The Labute approximate surface area is 104 Å². The van der Waals surface area contributed by atoms with Gasteiger partial charge in [0.05, 0.1) is 5.02 Å². The molecular formula is C11H14BrClN2. The average molecular weight is 290 g/mol. The second-order valence-corrected chi connectivity index (χ2v) is 5.14. The second-order valence-electron chi connectivity index (χ2n) is 3.87. The predicted molar refractivity (Wildman–Crippen MR) is 67.4 cm³/mol. The molecule has 1 fully saturated rings. The van der Waals surface area contributed by atoms with Crippen LogP contribution in [0.2, 0.25) is 5.02 Å². The Morgan fingerprint density at radius 1 is 1.53 bits per heavy atom. The summed E-state index contributed by atoms with van der Waals surface area (Å²) >= 11 is 9.50. The first-order chi connectivity index (χ1) is 7.18. The van der Waals surface area contributed by atoms with E-state index in [1.54, 1.807) is 0 Å². The number of hydrogen-bond donors (Lipinski definition) is 1. The monoisotopic (exact) mass is 288 g/mol. The lowest BCUT2D eigenvalue weighted by atomic mass is 10.0. The predicted octanol–water partition coefficient (Wildman–Crippen LogP) is 2.68. The van der Waals surface area contributed by atoms with Crippen LogP contribution in [0, 0.1) is 0 Å². The van der Waals surface area contributed by atoms with Gasteiger partial charge in [-0.15, -0.1) is 0 Å². The molecule has 1 atom stereocenters. The van der Waals surface area contributed by atoms with Gasteiger partial charge >= 0.3 is 0 Å². The van der Waals surface area contributed by atoms with Crippen molar-refractivity contribution in [2.75, 3.05) is 26.7 Å². The fourth-order valence-electron chi connectivity index (χ4n) is 1.90. The minimum Gasteiger partial charge on any atom is -0.314 e. The molecule has 0 aromatic heterocycles. The molecule has 0 radical (unpaired) electrons. The van der Waals surface area contributed by atoms with Crippen molar-refractivity contribution < 1.29 is 0 Å². The molecule has 0 bridgehead atoms. The Morgan fingerprint density at radius 2 is 2.33 bits per heavy atom. The molecule has 4 heteroatoms. The van der Waals surface area contributed by atoms with Crippen LogP contribution in [0.3, 0.4) is 0 Å². The summed E-state index contributed by atoms with van der Waals surface area (Å²) in [6.45, 7) is 3.14. The number of piperazine rings is 1. The van der Waals surface area contributed by atoms with Gasteiger partial charge in [0.1, 0.15) is 0 Å². The van der Waals surface area contributed by atoms with Gasteiger partial charge in [-0.25, -0.2) is 0 Å². The summed E-state index contributed by atoms with van der Waals surface area (Å²) in [5, 5.41) is 4.19. The quantitative estimate of drug-likeness (QED) is 0.855. The van der Waals surface area contributed by atoms with E-state index in [1.807, 2.05) is 12.1 Å². The highest BCUT2D eigenvalue weighted by Crippen LogP contribution is 2.28. The zero-order valence-electron chi connectivity index (χ0n) is 8.63. The van der Waals surface area contributed by atoms with Crippen molar-refractivity contribution in [2.24, 2.45) is 0 Å². The highest BCUT2D eigenvalue weighted by atomic mass is 79.9. The first-order valence-electron chi connectivity index (χ1n) is 5.04. The van der Waals surface area contributed by atoms with Crippen molar-refractivity contribution in [3.05, 3.63) is 33.3 Å². The third-order valence-corrected chi connectivity index (χ3v) is 4.07. The number of nitrogens with zero attached hydrogens (tertiary/aromatic N) is 1. The molecule has 82 valence electrons. The SMILES string of the molecule is CN1CCNCC1c1ccc(Br)c(Cl)c1. The van der Waals surface area contributed by atoms with E-state index < -0.39 is 0 Å². The van der Waals surface area contributed by atoms with Crippen LogP contribution in [0.1, 0.15) is 11.6 Å². The third-order valence-electron chi connectivity index (χ3n) is 2.84. The Morgan fingerprint density at radius 3 is 3.00 bits per heavy atom. The van der Waals surface area contributed by atoms with Crippen LogP contribution in [0.5, 0.6) is 0 Å². The Kier molecular flexibility index (Phi) is 3.67. The molecule has 15 heavy (non-hydrogen) atoms. The zero-order chi connectivity index (χ0) is 10.8. The average Bonchev–Trinajstić information content (AvgIpc) is 2.23. The summed E-state index contributed by atoms with van der Waals surface area (Å²) in [5.74, 6) is 0. The van der Waals surface area contributed by atoms with Gasteiger partial charge in [-0.2, -0.15) is 0 Å². The smallest absolute Gasteiger partial charge is 0.0551 e.